The van der Waals surface area contributed by atoms with E-state index in [1.807, 2.05) is 6.92 Å². The Kier molecular flexibility index (Phi) is 5.31. The van der Waals surface area contributed by atoms with E-state index in [1.54, 1.807) is 0 Å². The van der Waals surface area contributed by atoms with E-state index >= 15 is 0 Å². The van der Waals surface area contributed by atoms with Crippen LogP contribution in [0.4, 0.5) is 0 Å². The fourth-order valence-corrected chi connectivity index (χ4v) is 2.45. The summed E-state index contributed by atoms with van der Waals surface area (Å²) < 4.78 is 11.6. The van der Waals surface area contributed by atoms with Gasteiger partial charge in [0.15, 0.2) is 0 Å². The Morgan fingerprint density at radius 2 is 2.35 bits per heavy atom. The number of benzene rings is 1. The zero-order chi connectivity index (χ0) is 14.4. The van der Waals surface area contributed by atoms with E-state index in [-0.39, 0.29) is 6.10 Å². The molecule has 0 bridgehead atoms. The van der Waals surface area contributed by atoms with E-state index in [1.165, 1.54) is 5.56 Å². The Bertz CT molecular complexity index is 490. The molecule has 1 aromatic rings. The van der Waals surface area contributed by atoms with Crippen LogP contribution in [0.15, 0.2) is 12.1 Å². The van der Waals surface area contributed by atoms with Gasteiger partial charge in [-0.2, -0.15) is 0 Å². The highest BCUT2D eigenvalue weighted by Crippen LogP contribution is 2.35. The molecule has 0 saturated carbocycles. The lowest BCUT2D eigenvalue weighted by molar-refractivity contribution is 0.254. The van der Waals surface area contributed by atoms with Gasteiger partial charge in [0.1, 0.15) is 17.6 Å². The summed E-state index contributed by atoms with van der Waals surface area (Å²) in [6, 6.07) is 4.23. The van der Waals surface area contributed by atoms with Gasteiger partial charge in [-0.3, -0.25) is 0 Å². The van der Waals surface area contributed by atoms with Gasteiger partial charge < -0.3 is 14.8 Å². The molecule has 1 N–H and O–H groups in total. The smallest absolute Gasteiger partial charge is 0.124 e. The minimum absolute atomic E-state index is 0.262. The molecule has 0 amide bonds. The molecule has 0 aliphatic carbocycles. The molecule has 0 fully saturated rings. The summed E-state index contributed by atoms with van der Waals surface area (Å²) in [5.41, 5.74) is 2.40. The summed E-state index contributed by atoms with van der Waals surface area (Å²) in [5.74, 6) is 4.62. The summed E-state index contributed by atoms with van der Waals surface area (Å²) in [6.07, 6.45) is 8.29. The molecular weight excluding hydrogens is 250 g/mol. The van der Waals surface area contributed by atoms with Gasteiger partial charge in [0, 0.05) is 30.5 Å². The van der Waals surface area contributed by atoms with Crippen LogP contribution in [0.1, 0.15) is 37.8 Å². The zero-order valence-electron chi connectivity index (χ0n) is 12.4. The Balaban J connectivity index is 2.03. The first-order chi connectivity index (χ1) is 9.74. The highest BCUT2D eigenvalue weighted by molar-refractivity contribution is 5.48. The van der Waals surface area contributed by atoms with Crippen LogP contribution in [0.25, 0.3) is 0 Å². The van der Waals surface area contributed by atoms with Crippen molar-refractivity contribution >= 4 is 0 Å². The summed E-state index contributed by atoms with van der Waals surface area (Å²) >= 11 is 0. The summed E-state index contributed by atoms with van der Waals surface area (Å²) in [5, 5.41) is 3.41. The third kappa shape index (κ3) is 3.68. The van der Waals surface area contributed by atoms with Crippen LogP contribution in [-0.4, -0.2) is 19.3 Å². The number of unbranched alkanes of at least 4 members (excludes halogenated alkanes) is 1. The van der Waals surface area contributed by atoms with Crippen LogP contribution in [0.3, 0.4) is 0 Å². The maximum atomic E-state index is 5.82. The van der Waals surface area contributed by atoms with E-state index < -0.39 is 0 Å². The lowest BCUT2D eigenvalue weighted by atomic mass is 10.1. The average Bonchev–Trinajstić information content (AvgIpc) is 2.78. The van der Waals surface area contributed by atoms with Gasteiger partial charge in [0.25, 0.3) is 0 Å². The highest BCUT2D eigenvalue weighted by Gasteiger charge is 2.21. The second kappa shape index (κ2) is 7.21. The Labute approximate surface area is 121 Å². The Morgan fingerprint density at radius 3 is 3.10 bits per heavy atom. The third-order valence-corrected chi connectivity index (χ3v) is 3.37. The van der Waals surface area contributed by atoms with Crippen LogP contribution in [0.2, 0.25) is 0 Å². The largest absolute Gasteiger partial charge is 0.494 e. The molecule has 1 heterocycles. The fourth-order valence-electron chi connectivity index (χ4n) is 2.45. The van der Waals surface area contributed by atoms with E-state index in [2.05, 4.69) is 30.3 Å². The summed E-state index contributed by atoms with van der Waals surface area (Å²) in [7, 11) is 0. The molecule has 1 unspecified atom stereocenters. The second-order valence-electron chi connectivity index (χ2n) is 5.12. The number of terminal acetylenes is 1. The van der Waals surface area contributed by atoms with Crippen molar-refractivity contribution in [1.29, 1.82) is 0 Å². The number of ether oxygens (including phenoxy) is 2. The van der Waals surface area contributed by atoms with Gasteiger partial charge >= 0.3 is 0 Å². The minimum atomic E-state index is 0.262. The number of hydrogen-bond acceptors (Lipinski definition) is 3. The topological polar surface area (TPSA) is 30.5 Å². The average molecular weight is 273 g/mol. The molecule has 1 atom stereocenters. The van der Waals surface area contributed by atoms with Crippen LogP contribution >= 0.6 is 0 Å². The number of nitrogens with one attached hydrogen (secondary N) is 1. The molecule has 0 saturated heterocycles. The summed E-state index contributed by atoms with van der Waals surface area (Å²) in [6.45, 7) is 6.49. The van der Waals surface area contributed by atoms with Gasteiger partial charge in [-0.25, -0.2) is 0 Å². The normalized spacial score (nSPS) is 16.4. The predicted molar refractivity (Wildman–Crippen MR) is 81.2 cm³/mol. The van der Waals surface area contributed by atoms with E-state index in [4.69, 9.17) is 15.9 Å². The first kappa shape index (κ1) is 14.7. The lowest BCUT2D eigenvalue weighted by Gasteiger charge is -2.13. The Morgan fingerprint density at radius 1 is 1.50 bits per heavy atom. The third-order valence-electron chi connectivity index (χ3n) is 3.37. The molecule has 0 radical (unpaired) electrons. The van der Waals surface area contributed by atoms with Gasteiger partial charge in [0.05, 0.1) is 6.61 Å². The quantitative estimate of drug-likeness (QED) is 0.612. The molecule has 3 nitrogen and oxygen atoms in total. The van der Waals surface area contributed by atoms with Gasteiger partial charge in [-0.05, 0) is 38.9 Å². The molecule has 1 aromatic carbocycles. The molecule has 20 heavy (non-hydrogen) atoms. The van der Waals surface area contributed by atoms with Gasteiger partial charge in [-0.15, -0.1) is 12.3 Å². The first-order valence-corrected chi connectivity index (χ1v) is 7.34. The Hall–Kier alpha value is -1.66. The highest BCUT2D eigenvalue weighted by atomic mass is 16.5. The molecule has 0 aromatic heterocycles. The SMILES string of the molecule is C#CCCCNCc1cc2c(cc1OCC)CC(C)O2. The minimum Gasteiger partial charge on any atom is -0.494 e. The standard InChI is InChI=1S/C17H23NO2/c1-4-6-7-8-18-12-15-11-17-14(9-13(3)20-17)10-16(15)19-5-2/h1,10-11,13,18H,5-9,12H2,2-3H3. The fraction of sp³-hybridized carbons (Fsp3) is 0.529. The van der Waals surface area contributed by atoms with Crippen molar-refractivity contribution in [1.82, 2.24) is 5.32 Å². The molecule has 1 aliphatic heterocycles. The molecule has 3 heteroatoms. The number of rotatable bonds is 7. The van der Waals surface area contributed by atoms with Crippen molar-refractivity contribution in [3.63, 3.8) is 0 Å². The maximum Gasteiger partial charge on any atom is 0.124 e. The van der Waals surface area contributed by atoms with Crippen molar-refractivity contribution < 1.29 is 9.47 Å². The molecule has 2 rings (SSSR count). The van der Waals surface area contributed by atoms with Crippen molar-refractivity contribution in [3.8, 4) is 23.8 Å². The van der Waals surface area contributed by atoms with E-state index in [9.17, 15) is 0 Å². The number of hydrogen-bond donors (Lipinski definition) is 1. The summed E-state index contributed by atoms with van der Waals surface area (Å²) in [4.78, 5) is 0. The van der Waals surface area contributed by atoms with E-state index in [0.29, 0.717) is 6.61 Å². The van der Waals surface area contributed by atoms with Crippen molar-refractivity contribution in [2.75, 3.05) is 13.2 Å². The molecule has 1 aliphatic rings. The molecular formula is C17H23NO2. The van der Waals surface area contributed by atoms with Gasteiger partial charge in [-0.1, -0.05) is 0 Å². The predicted octanol–water partition coefficient (Wildman–Crippen LogP) is 2.91. The van der Waals surface area contributed by atoms with Crippen molar-refractivity contribution in [3.05, 3.63) is 23.3 Å². The number of fused-ring (bicyclic) bond motifs is 1. The van der Waals surface area contributed by atoms with Crippen LogP contribution in [-0.2, 0) is 13.0 Å². The first-order valence-electron chi connectivity index (χ1n) is 7.34. The van der Waals surface area contributed by atoms with Crippen molar-refractivity contribution in [2.24, 2.45) is 0 Å². The van der Waals surface area contributed by atoms with Crippen LogP contribution in [0.5, 0.6) is 11.5 Å². The molecule has 0 spiro atoms. The second-order valence-corrected chi connectivity index (χ2v) is 5.12. The lowest BCUT2D eigenvalue weighted by Crippen LogP contribution is -2.15. The van der Waals surface area contributed by atoms with Crippen LogP contribution in [0, 0.1) is 12.3 Å². The monoisotopic (exact) mass is 273 g/mol. The van der Waals surface area contributed by atoms with E-state index in [0.717, 1.165) is 49.4 Å². The van der Waals surface area contributed by atoms with Crippen LogP contribution < -0.4 is 14.8 Å². The van der Waals surface area contributed by atoms with Gasteiger partial charge in [0.2, 0.25) is 0 Å². The molecule has 108 valence electrons. The van der Waals surface area contributed by atoms with Crippen molar-refractivity contribution in [2.45, 2.75) is 45.8 Å². The zero-order valence-corrected chi connectivity index (χ0v) is 12.4. The maximum absolute atomic E-state index is 5.82.